The normalized spacial score (nSPS) is 10.4. The standard InChI is InChI=1S/C15H17NO2/c1-10-7-12(9-16)8-11(2)15(10)18-14-5-3-13(17)4-6-14/h3-8,17H,9,16H2,1-2H3. The number of hydrogen-bond donors (Lipinski definition) is 2. The van der Waals surface area contributed by atoms with Crippen molar-refractivity contribution in [3.8, 4) is 17.2 Å². The van der Waals surface area contributed by atoms with E-state index < -0.39 is 0 Å². The van der Waals surface area contributed by atoms with Gasteiger partial charge >= 0.3 is 0 Å². The van der Waals surface area contributed by atoms with Gasteiger partial charge in [0.1, 0.15) is 17.2 Å². The largest absolute Gasteiger partial charge is 0.508 e. The van der Waals surface area contributed by atoms with Crippen LogP contribution in [0.25, 0.3) is 0 Å². The zero-order valence-corrected chi connectivity index (χ0v) is 10.6. The molecule has 0 saturated heterocycles. The third-order valence-corrected chi connectivity index (χ3v) is 2.81. The Hall–Kier alpha value is -2.00. The summed E-state index contributed by atoms with van der Waals surface area (Å²) in [5.74, 6) is 1.78. The van der Waals surface area contributed by atoms with Crippen molar-refractivity contribution in [3.05, 3.63) is 53.1 Å². The first kappa shape index (κ1) is 12.5. The van der Waals surface area contributed by atoms with Crippen LogP contribution in [0.1, 0.15) is 16.7 Å². The van der Waals surface area contributed by atoms with Crippen LogP contribution < -0.4 is 10.5 Å². The minimum atomic E-state index is 0.231. The van der Waals surface area contributed by atoms with Crippen LogP contribution >= 0.6 is 0 Å². The molecule has 0 spiro atoms. The Morgan fingerprint density at radius 2 is 1.61 bits per heavy atom. The fraction of sp³-hybridized carbons (Fsp3) is 0.200. The molecule has 0 amide bonds. The summed E-state index contributed by atoms with van der Waals surface area (Å²) in [5, 5.41) is 9.23. The minimum Gasteiger partial charge on any atom is -0.508 e. The second-order valence-electron chi connectivity index (χ2n) is 4.36. The molecule has 94 valence electrons. The van der Waals surface area contributed by atoms with E-state index in [1.807, 2.05) is 26.0 Å². The maximum atomic E-state index is 9.23. The van der Waals surface area contributed by atoms with Crippen molar-refractivity contribution >= 4 is 0 Å². The second kappa shape index (κ2) is 5.10. The van der Waals surface area contributed by atoms with Gasteiger partial charge in [-0.05, 0) is 54.8 Å². The average Bonchev–Trinajstić information content (AvgIpc) is 2.35. The highest BCUT2D eigenvalue weighted by atomic mass is 16.5. The van der Waals surface area contributed by atoms with Crippen molar-refractivity contribution in [2.24, 2.45) is 5.73 Å². The van der Waals surface area contributed by atoms with Crippen molar-refractivity contribution in [1.29, 1.82) is 0 Å². The monoisotopic (exact) mass is 243 g/mol. The average molecular weight is 243 g/mol. The summed E-state index contributed by atoms with van der Waals surface area (Å²) in [6.45, 7) is 4.53. The van der Waals surface area contributed by atoms with Crippen LogP contribution in [0.15, 0.2) is 36.4 Å². The summed E-state index contributed by atoms with van der Waals surface area (Å²) >= 11 is 0. The third kappa shape index (κ3) is 2.63. The molecule has 0 atom stereocenters. The summed E-state index contributed by atoms with van der Waals surface area (Å²) in [4.78, 5) is 0. The first-order chi connectivity index (χ1) is 8.60. The predicted octanol–water partition coefficient (Wildman–Crippen LogP) is 3.26. The number of hydrogen-bond acceptors (Lipinski definition) is 3. The molecule has 3 nitrogen and oxygen atoms in total. The molecule has 0 aliphatic rings. The van der Waals surface area contributed by atoms with Crippen molar-refractivity contribution in [2.75, 3.05) is 0 Å². The highest BCUT2D eigenvalue weighted by Gasteiger charge is 2.07. The highest BCUT2D eigenvalue weighted by Crippen LogP contribution is 2.30. The Balaban J connectivity index is 2.31. The number of ether oxygens (including phenoxy) is 1. The number of aromatic hydroxyl groups is 1. The van der Waals surface area contributed by atoms with Gasteiger partial charge < -0.3 is 15.6 Å². The van der Waals surface area contributed by atoms with Gasteiger partial charge in [-0.3, -0.25) is 0 Å². The van der Waals surface area contributed by atoms with Crippen LogP contribution in [0.3, 0.4) is 0 Å². The molecule has 2 aromatic carbocycles. The Morgan fingerprint density at radius 3 is 2.11 bits per heavy atom. The number of benzene rings is 2. The van der Waals surface area contributed by atoms with Crippen LogP contribution in [0.2, 0.25) is 0 Å². The Morgan fingerprint density at radius 1 is 1.06 bits per heavy atom. The van der Waals surface area contributed by atoms with Crippen LogP contribution in [0.5, 0.6) is 17.2 Å². The SMILES string of the molecule is Cc1cc(CN)cc(C)c1Oc1ccc(O)cc1. The summed E-state index contributed by atoms with van der Waals surface area (Å²) in [6, 6.07) is 10.8. The van der Waals surface area contributed by atoms with E-state index in [-0.39, 0.29) is 5.75 Å². The quantitative estimate of drug-likeness (QED) is 0.870. The topological polar surface area (TPSA) is 55.5 Å². The molecule has 0 bridgehead atoms. The summed E-state index contributed by atoms with van der Waals surface area (Å²) in [7, 11) is 0. The maximum Gasteiger partial charge on any atom is 0.133 e. The van der Waals surface area contributed by atoms with E-state index in [9.17, 15) is 5.11 Å². The van der Waals surface area contributed by atoms with Crippen LogP contribution in [0, 0.1) is 13.8 Å². The molecular weight excluding hydrogens is 226 g/mol. The Bertz CT molecular complexity index is 524. The fourth-order valence-corrected chi connectivity index (χ4v) is 1.95. The van der Waals surface area contributed by atoms with E-state index >= 15 is 0 Å². The molecule has 18 heavy (non-hydrogen) atoms. The van der Waals surface area contributed by atoms with Gasteiger partial charge in [-0.2, -0.15) is 0 Å². The molecule has 3 N–H and O–H groups in total. The smallest absolute Gasteiger partial charge is 0.133 e. The molecule has 0 heterocycles. The Labute approximate surface area is 107 Å². The zero-order chi connectivity index (χ0) is 13.1. The zero-order valence-electron chi connectivity index (χ0n) is 10.6. The van der Waals surface area contributed by atoms with Gasteiger partial charge in [-0.1, -0.05) is 12.1 Å². The van der Waals surface area contributed by atoms with Crippen LogP contribution in [0.4, 0.5) is 0 Å². The summed E-state index contributed by atoms with van der Waals surface area (Å²) in [6.07, 6.45) is 0. The van der Waals surface area contributed by atoms with Crippen LogP contribution in [-0.2, 0) is 6.54 Å². The second-order valence-corrected chi connectivity index (χ2v) is 4.36. The summed E-state index contributed by atoms with van der Waals surface area (Å²) in [5.41, 5.74) is 8.86. The lowest BCUT2D eigenvalue weighted by Gasteiger charge is -2.13. The molecule has 3 heteroatoms. The van der Waals surface area contributed by atoms with Gasteiger partial charge in [0.2, 0.25) is 0 Å². The van der Waals surface area contributed by atoms with Crippen molar-refractivity contribution in [1.82, 2.24) is 0 Å². The van der Waals surface area contributed by atoms with E-state index in [2.05, 4.69) is 0 Å². The van der Waals surface area contributed by atoms with Crippen molar-refractivity contribution < 1.29 is 9.84 Å². The highest BCUT2D eigenvalue weighted by molar-refractivity contribution is 5.46. The molecule has 0 aliphatic carbocycles. The number of phenolic OH excluding ortho intramolecular Hbond substituents is 1. The number of phenols is 1. The van der Waals surface area contributed by atoms with Gasteiger partial charge in [0.05, 0.1) is 0 Å². The van der Waals surface area contributed by atoms with Gasteiger partial charge in [-0.25, -0.2) is 0 Å². The maximum absolute atomic E-state index is 9.23. The van der Waals surface area contributed by atoms with E-state index in [0.717, 1.165) is 22.4 Å². The van der Waals surface area contributed by atoms with Gasteiger partial charge in [0.25, 0.3) is 0 Å². The van der Waals surface area contributed by atoms with Gasteiger partial charge in [-0.15, -0.1) is 0 Å². The first-order valence-corrected chi connectivity index (χ1v) is 5.87. The Kier molecular flexibility index (Phi) is 3.53. The lowest BCUT2D eigenvalue weighted by Crippen LogP contribution is -1.99. The van der Waals surface area contributed by atoms with Crippen molar-refractivity contribution in [3.63, 3.8) is 0 Å². The van der Waals surface area contributed by atoms with Crippen LogP contribution in [-0.4, -0.2) is 5.11 Å². The number of rotatable bonds is 3. The van der Waals surface area contributed by atoms with Gasteiger partial charge in [0, 0.05) is 6.54 Å². The lowest BCUT2D eigenvalue weighted by atomic mass is 10.1. The van der Waals surface area contributed by atoms with Gasteiger partial charge in [0.15, 0.2) is 0 Å². The number of aryl methyl sites for hydroxylation is 2. The third-order valence-electron chi connectivity index (χ3n) is 2.81. The van der Waals surface area contributed by atoms with E-state index in [1.165, 1.54) is 0 Å². The molecule has 0 unspecified atom stereocenters. The predicted molar refractivity (Wildman–Crippen MR) is 72.0 cm³/mol. The fourth-order valence-electron chi connectivity index (χ4n) is 1.95. The van der Waals surface area contributed by atoms with E-state index in [0.29, 0.717) is 12.3 Å². The van der Waals surface area contributed by atoms with E-state index in [4.69, 9.17) is 10.5 Å². The summed E-state index contributed by atoms with van der Waals surface area (Å²) < 4.78 is 5.84. The molecule has 0 saturated carbocycles. The number of nitrogens with two attached hydrogens (primary N) is 1. The molecule has 0 fully saturated rings. The molecule has 2 aromatic rings. The van der Waals surface area contributed by atoms with E-state index in [1.54, 1.807) is 24.3 Å². The lowest BCUT2D eigenvalue weighted by molar-refractivity contribution is 0.461. The minimum absolute atomic E-state index is 0.231. The molecule has 2 rings (SSSR count). The molecular formula is C15H17NO2. The molecule has 0 aliphatic heterocycles. The molecule has 0 radical (unpaired) electrons. The van der Waals surface area contributed by atoms with Crippen molar-refractivity contribution in [2.45, 2.75) is 20.4 Å². The molecule has 0 aromatic heterocycles. The first-order valence-electron chi connectivity index (χ1n) is 5.87.